The second-order valence-electron chi connectivity index (χ2n) is 10.5. The van der Waals surface area contributed by atoms with Crippen molar-refractivity contribution in [2.45, 2.75) is 57.7 Å². The van der Waals surface area contributed by atoms with Crippen LogP contribution in [0.1, 0.15) is 63.1 Å². The number of benzene rings is 2. The molecule has 0 bridgehead atoms. The van der Waals surface area contributed by atoms with E-state index in [1.165, 1.54) is 28.8 Å². The molecule has 0 saturated heterocycles. The first-order chi connectivity index (χ1) is 18.0. The van der Waals surface area contributed by atoms with E-state index in [1.54, 1.807) is 17.9 Å². The molecule has 0 saturated carbocycles. The Hall–Kier alpha value is -3.33. The van der Waals surface area contributed by atoms with Gasteiger partial charge in [0.15, 0.2) is 0 Å². The summed E-state index contributed by atoms with van der Waals surface area (Å²) in [6.07, 6.45) is 0.778. The maximum absolute atomic E-state index is 14.4. The number of nitrogens with one attached hydrogen (secondary N) is 1. The normalized spacial score (nSPS) is 16.6. The number of hydrogen-bond donors (Lipinski definition) is 1. The molecule has 0 spiro atoms. The van der Waals surface area contributed by atoms with Crippen LogP contribution < -0.4 is 15.0 Å². The zero-order valence-electron chi connectivity index (χ0n) is 22.7. The lowest BCUT2D eigenvalue weighted by Crippen LogP contribution is -2.44. The fourth-order valence-corrected chi connectivity index (χ4v) is 5.66. The molecule has 4 rings (SSSR count). The van der Waals surface area contributed by atoms with E-state index in [4.69, 9.17) is 9.84 Å². The molecule has 7 nitrogen and oxygen atoms in total. The van der Waals surface area contributed by atoms with Crippen LogP contribution >= 0.6 is 11.8 Å². The summed E-state index contributed by atoms with van der Waals surface area (Å²) < 4.78 is 21.5. The van der Waals surface area contributed by atoms with Crippen molar-refractivity contribution in [3.63, 3.8) is 0 Å². The molecular weight excluding hydrogens is 503 g/mol. The highest BCUT2D eigenvalue weighted by Crippen LogP contribution is 2.48. The van der Waals surface area contributed by atoms with Crippen LogP contribution in [0.15, 0.2) is 48.5 Å². The van der Waals surface area contributed by atoms with Crippen molar-refractivity contribution in [3.05, 3.63) is 71.2 Å². The molecule has 1 N–H and O–H groups in total. The van der Waals surface area contributed by atoms with Gasteiger partial charge in [-0.25, -0.2) is 9.07 Å². The van der Waals surface area contributed by atoms with Crippen molar-refractivity contribution in [3.8, 4) is 11.4 Å². The summed E-state index contributed by atoms with van der Waals surface area (Å²) in [6.45, 7) is 9.98. The van der Waals surface area contributed by atoms with Crippen molar-refractivity contribution < 1.29 is 18.7 Å². The molecule has 0 radical (unpaired) electrons. The molecule has 1 aliphatic rings. The Kier molecular flexibility index (Phi) is 8.16. The highest BCUT2D eigenvalue weighted by atomic mass is 32.2. The van der Waals surface area contributed by atoms with Gasteiger partial charge in [-0.3, -0.25) is 14.5 Å². The molecule has 2 atom stereocenters. The SMILES string of the molecule is CC[C@H](C)NC(=O)CN1C(=O)CS[C@H](c2cccc(F)c2)c2c(C(C)(C)C)nn(-c3ccc(OC)cc3)c21. The van der Waals surface area contributed by atoms with Crippen molar-refractivity contribution in [2.24, 2.45) is 0 Å². The first kappa shape index (κ1) is 27.7. The molecule has 0 aliphatic carbocycles. The summed E-state index contributed by atoms with van der Waals surface area (Å²) in [5, 5.41) is 7.66. The van der Waals surface area contributed by atoms with E-state index in [-0.39, 0.29) is 41.2 Å². The van der Waals surface area contributed by atoms with Crippen molar-refractivity contribution in [1.29, 1.82) is 0 Å². The standard InChI is InChI=1S/C29H35FN4O3S/c1-7-18(2)31-23(35)16-33-24(36)17-38-26(19-9-8-10-20(30)15-19)25-27(29(3,4)5)32-34(28(25)33)21-11-13-22(37-6)14-12-21/h8-15,18,26H,7,16-17H2,1-6H3,(H,31,35)/t18-,26+/m0/s1. The third-order valence-electron chi connectivity index (χ3n) is 6.59. The van der Waals surface area contributed by atoms with Crippen LogP contribution in [-0.4, -0.2) is 47.0 Å². The van der Waals surface area contributed by atoms with Crippen molar-refractivity contribution in [2.75, 3.05) is 24.3 Å². The molecule has 202 valence electrons. The summed E-state index contributed by atoms with van der Waals surface area (Å²) in [4.78, 5) is 28.2. The van der Waals surface area contributed by atoms with Gasteiger partial charge in [-0.2, -0.15) is 5.10 Å². The fourth-order valence-electron chi connectivity index (χ4n) is 4.48. The number of amides is 2. The van der Waals surface area contributed by atoms with Crippen molar-refractivity contribution >= 4 is 29.4 Å². The topological polar surface area (TPSA) is 76.5 Å². The molecule has 9 heteroatoms. The van der Waals surface area contributed by atoms with E-state index >= 15 is 0 Å². The van der Waals surface area contributed by atoms with Gasteiger partial charge in [0, 0.05) is 17.0 Å². The number of anilines is 1. The van der Waals surface area contributed by atoms with Gasteiger partial charge in [-0.1, -0.05) is 39.8 Å². The quantitative estimate of drug-likeness (QED) is 0.436. The first-order valence-electron chi connectivity index (χ1n) is 12.8. The third-order valence-corrected chi connectivity index (χ3v) is 7.84. The number of halogens is 1. The number of carbonyl (C=O) groups is 2. The van der Waals surface area contributed by atoms with Crippen LogP contribution in [0, 0.1) is 5.82 Å². The average molecular weight is 539 g/mol. The monoisotopic (exact) mass is 538 g/mol. The van der Waals surface area contributed by atoms with Gasteiger partial charge < -0.3 is 10.1 Å². The Morgan fingerprint density at radius 1 is 1.24 bits per heavy atom. The molecule has 0 fully saturated rings. The highest BCUT2D eigenvalue weighted by Gasteiger charge is 2.40. The van der Waals surface area contributed by atoms with Gasteiger partial charge in [-0.05, 0) is 55.3 Å². The van der Waals surface area contributed by atoms with Crippen LogP contribution in [0.4, 0.5) is 10.2 Å². The minimum absolute atomic E-state index is 0.0184. The van der Waals surface area contributed by atoms with Crippen molar-refractivity contribution in [1.82, 2.24) is 15.1 Å². The van der Waals surface area contributed by atoms with E-state index < -0.39 is 5.41 Å². The van der Waals surface area contributed by atoms with Gasteiger partial charge in [0.05, 0.1) is 29.5 Å². The highest BCUT2D eigenvalue weighted by molar-refractivity contribution is 8.00. The zero-order valence-corrected chi connectivity index (χ0v) is 23.6. The van der Waals surface area contributed by atoms with Gasteiger partial charge >= 0.3 is 0 Å². The van der Waals surface area contributed by atoms with Gasteiger partial charge in [0.25, 0.3) is 0 Å². The van der Waals surface area contributed by atoms with Crippen LogP contribution in [-0.2, 0) is 15.0 Å². The predicted octanol–water partition coefficient (Wildman–Crippen LogP) is 5.40. The minimum atomic E-state index is -0.397. The van der Waals surface area contributed by atoms with E-state index in [0.29, 0.717) is 11.6 Å². The number of ether oxygens (including phenoxy) is 1. The lowest BCUT2D eigenvalue weighted by atomic mass is 9.87. The Balaban J connectivity index is 1.98. The van der Waals surface area contributed by atoms with Crippen LogP contribution in [0.25, 0.3) is 5.69 Å². The molecule has 2 amide bonds. The first-order valence-corrected chi connectivity index (χ1v) is 13.8. The maximum Gasteiger partial charge on any atom is 0.240 e. The molecule has 2 heterocycles. The van der Waals surface area contributed by atoms with E-state index in [0.717, 1.165) is 28.9 Å². The predicted molar refractivity (Wildman–Crippen MR) is 150 cm³/mol. The molecule has 1 aromatic heterocycles. The lowest BCUT2D eigenvalue weighted by Gasteiger charge is -2.25. The smallest absolute Gasteiger partial charge is 0.240 e. The summed E-state index contributed by atoms with van der Waals surface area (Å²) in [7, 11) is 1.60. The number of aromatic nitrogens is 2. The Labute approximate surface area is 227 Å². The molecule has 3 aromatic rings. The minimum Gasteiger partial charge on any atom is -0.497 e. The number of nitrogens with zero attached hydrogens (tertiary/aromatic N) is 3. The summed E-state index contributed by atoms with van der Waals surface area (Å²) in [5.74, 6) is 0.571. The number of methoxy groups -OCH3 is 1. The number of carbonyl (C=O) groups excluding carboxylic acids is 2. The summed E-state index contributed by atoms with van der Waals surface area (Å²) in [6, 6.07) is 13.9. The van der Waals surface area contributed by atoms with Gasteiger partial charge in [-0.15, -0.1) is 11.8 Å². The van der Waals surface area contributed by atoms with Crippen LogP contribution in [0.2, 0.25) is 0 Å². The third kappa shape index (κ3) is 5.72. The number of thioether (sulfide) groups is 1. The second-order valence-corrected chi connectivity index (χ2v) is 11.6. The number of hydrogen-bond acceptors (Lipinski definition) is 5. The molecule has 38 heavy (non-hydrogen) atoms. The largest absolute Gasteiger partial charge is 0.497 e. The summed E-state index contributed by atoms with van der Waals surface area (Å²) >= 11 is 1.43. The van der Waals surface area contributed by atoms with Gasteiger partial charge in [0.2, 0.25) is 11.8 Å². The average Bonchev–Trinajstić information content (AvgIpc) is 3.22. The van der Waals surface area contributed by atoms with E-state index in [1.807, 2.05) is 44.2 Å². The van der Waals surface area contributed by atoms with E-state index in [9.17, 15) is 14.0 Å². The Morgan fingerprint density at radius 2 is 1.95 bits per heavy atom. The van der Waals surface area contributed by atoms with Crippen LogP contribution in [0.5, 0.6) is 5.75 Å². The Morgan fingerprint density at radius 3 is 2.55 bits per heavy atom. The summed E-state index contributed by atoms with van der Waals surface area (Å²) in [5.41, 5.74) is 2.67. The molecular formula is C29H35FN4O3S. The molecule has 2 aromatic carbocycles. The maximum atomic E-state index is 14.4. The lowest BCUT2D eigenvalue weighted by molar-refractivity contribution is -0.123. The number of fused-ring (bicyclic) bond motifs is 1. The molecule has 0 unspecified atom stereocenters. The zero-order chi connectivity index (χ0) is 27.6. The second kappa shape index (κ2) is 11.2. The van der Waals surface area contributed by atoms with Gasteiger partial charge in [0.1, 0.15) is 23.9 Å². The van der Waals surface area contributed by atoms with Crippen LogP contribution in [0.3, 0.4) is 0 Å². The van der Waals surface area contributed by atoms with E-state index in [2.05, 4.69) is 26.1 Å². The number of rotatable bonds is 7. The Bertz CT molecular complexity index is 1320. The fraction of sp³-hybridized carbons (Fsp3) is 0.414. The molecule has 1 aliphatic heterocycles.